The maximum absolute atomic E-state index is 2.50. The average molecular weight is 237 g/mol. The van der Waals surface area contributed by atoms with E-state index in [2.05, 4.69) is 26.0 Å². The van der Waals surface area contributed by atoms with Gasteiger partial charge in [0.25, 0.3) is 0 Å². The average Bonchev–Trinajstić information content (AvgIpc) is 2.25. The van der Waals surface area contributed by atoms with E-state index in [4.69, 9.17) is 0 Å². The zero-order valence-electron chi connectivity index (χ0n) is 5.52. The van der Waals surface area contributed by atoms with Gasteiger partial charge in [-0.05, 0) is 31.6 Å². The Kier molecular flexibility index (Phi) is 1.69. The molecule has 1 saturated heterocycles. The second kappa shape index (κ2) is 2.38. The van der Waals surface area contributed by atoms with E-state index in [0.717, 1.165) is 12.0 Å². The summed E-state index contributed by atoms with van der Waals surface area (Å²) in [6.45, 7) is 1.34. The van der Waals surface area contributed by atoms with Crippen LogP contribution in [0.1, 0.15) is 25.7 Å². The van der Waals surface area contributed by atoms with E-state index >= 15 is 0 Å². The van der Waals surface area contributed by atoms with E-state index in [9.17, 15) is 0 Å². The number of rotatable bonds is 0. The van der Waals surface area contributed by atoms with Crippen molar-refractivity contribution in [2.45, 2.75) is 31.7 Å². The van der Waals surface area contributed by atoms with Gasteiger partial charge in [0.2, 0.25) is 0 Å². The molecule has 0 spiro atoms. The van der Waals surface area contributed by atoms with Crippen LogP contribution in [-0.4, -0.2) is 15.7 Å². The molecule has 1 heterocycles. The number of piperidine rings is 1. The molecule has 2 fully saturated rings. The Bertz CT molecular complexity index is 115. The van der Waals surface area contributed by atoms with Gasteiger partial charge in [-0.1, -0.05) is 0 Å². The van der Waals surface area contributed by atoms with Crippen molar-refractivity contribution in [1.82, 2.24) is 3.11 Å². The summed E-state index contributed by atoms with van der Waals surface area (Å²) in [5.41, 5.74) is 0. The van der Waals surface area contributed by atoms with Crippen LogP contribution in [0.3, 0.4) is 0 Å². The Balaban J connectivity index is 2.05. The monoisotopic (exact) mass is 237 g/mol. The largest absolute Gasteiger partial charge is 0.244 e. The third-order valence-electron chi connectivity index (χ3n) is 2.66. The molecule has 2 bridgehead atoms. The first kappa shape index (κ1) is 6.40. The number of hydrogen-bond donors (Lipinski definition) is 0. The van der Waals surface area contributed by atoms with Crippen molar-refractivity contribution in [3.8, 4) is 0 Å². The van der Waals surface area contributed by atoms with Gasteiger partial charge in [-0.3, -0.25) is 0 Å². The van der Waals surface area contributed by atoms with Crippen LogP contribution < -0.4 is 0 Å². The summed E-state index contributed by atoms with van der Waals surface area (Å²) < 4.78 is 2.50. The SMILES string of the molecule is IN1CCC2CCC1C2. The number of halogens is 1. The van der Waals surface area contributed by atoms with Crippen LogP contribution in [0.4, 0.5) is 0 Å². The molecule has 0 aromatic carbocycles. The molecule has 2 unspecified atom stereocenters. The van der Waals surface area contributed by atoms with Gasteiger partial charge >= 0.3 is 0 Å². The first-order valence-corrected chi connectivity index (χ1v) is 4.75. The summed E-state index contributed by atoms with van der Waals surface area (Å²) in [5.74, 6) is 1.10. The van der Waals surface area contributed by atoms with E-state index in [1.54, 1.807) is 0 Å². The number of fused-ring (bicyclic) bond motifs is 2. The Morgan fingerprint density at radius 1 is 1.22 bits per heavy atom. The first-order valence-electron chi connectivity index (χ1n) is 3.78. The Morgan fingerprint density at radius 2 is 2.11 bits per heavy atom. The third kappa shape index (κ3) is 1.11. The molecule has 1 nitrogen and oxygen atoms in total. The molecular weight excluding hydrogens is 225 g/mol. The highest BCUT2D eigenvalue weighted by molar-refractivity contribution is 14.1. The summed E-state index contributed by atoms with van der Waals surface area (Å²) in [6, 6.07) is 0.948. The molecule has 9 heavy (non-hydrogen) atoms. The van der Waals surface area contributed by atoms with Gasteiger partial charge in [0, 0.05) is 35.5 Å². The van der Waals surface area contributed by atoms with Crippen molar-refractivity contribution in [3.63, 3.8) is 0 Å². The minimum absolute atomic E-state index is 0.948. The Labute approximate surface area is 70.3 Å². The summed E-state index contributed by atoms with van der Waals surface area (Å²) >= 11 is 2.48. The lowest BCUT2D eigenvalue weighted by molar-refractivity contribution is 0.301. The van der Waals surface area contributed by atoms with E-state index in [1.165, 1.54) is 32.2 Å². The van der Waals surface area contributed by atoms with Crippen molar-refractivity contribution >= 4 is 22.9 Å². The minimum Gasteiger partial charge on any atom is -0.244 e. The minimum atomic E-state index is 0.948. The second-order valence-corrected chi connectivity index (χ2v) is 4.48. The van der Waals surface area contributed by atoms with E-state index in [1.807, 2.05) is 0 Å². The molecule has 52 valence electrons. The van der Waals surface area contributed by atoms with E-state index in [0.29, 0.717) is 0 Å². The maximum Gasteiger partial charge on any atom is 0.0204 e. The van der Waals surface area contributed by atoms with Crippen LogP contribution >= 0.6 is 22.9 Å². The number of nitrogens with zero attached hydrogens (tertiary/aromatic N) is 1. The lowest BCUT2D eigenvalue weighted by Gasteiger charge is -2.27. The topological polar surface area (TPSA) is 3.24 Å². The molecule has 2 heteroatoms. The molecule has 0 amide bonds. The summed E-state index contributed by atoms with van der Waals surface area (Å²) in [4.78, 5) is 0. The zero-order valence-corrected chi connectivity index (χ0v) is 7.67. The molecule has 0 radical (unpaired) electrons. The van der Waals surface area contributed by atoms with E-state index < -0.39 is 0 Å². The quantitative estimate of drug-likeness (QED) is 0.461. The third-order valence-corrected chi connectivity index (χ3v) is 3.93. The van der Waals surface area contributed by atoms with Crippen LogP contribution in [-0.2, 0) is 0 Å². The molecule has 0 aromatic rings. The summed E-state index contributed by atoms with van der Waals surface area (Å²) in [5, 5.41) is 0. The van der Waals surface area contributed by atoms with Gasteiger partial charge < -0.3 is 0 Å². The normalized spacial score (nSPS) is 43.7. The molecule has 2 atom stereocenters. The number of hydrogen-bond acceptors (Lipinski definition) is 1. The Morgan fingerprint density at radius 3 is 2.89 bits per heavy atom. The standard InChI is InChI=1S/C7H12IN/c8-9-4-3-6-1-2-7(9)5-6/h6-7H,1-5H2. The van der Waals surface area contributed by atoms with Crippen molar-refractivity contribution in [2.75, 3.05) is 6.54 Å². The molecule has 2 rings (SSSR count). The maximum atomic E-state index is 2.50. The molecule has 0 N–H and O–H groups in total. The lowest BCUT2D eigenvalue weighted by atomic mass is 10.0. The lowest BCUT2D eigenvalue weighted by Crippen LogP contribution is -2.29. The van der Waals surface area contributed by atoms with Gasteiger partial charge in [0.05, 0.1) is 0 Å². The molecule has 1 aliphatic heterocycles. The summed E-state index contributed by atoms with van der Waals surface area (Å²) in [7, 11) is 0. The van der Waals surface area contributed by atoms with Crippen LogP contribution in [0.2, 0.25) is 0 Å². The highest BCUT2D eigenvalue weighted by Gasteiger charge is 2.32. The second-order valence-electron chi connectivity index (χ2n) is 3.24. The Hall–Kier alpha value is 0.690. The molecule has 2 aliphatic rings. The molecule has 0 aromatic heterocycles. The predicted octanol–water partition coefficient (Wildman–Crippen LogP) is 2.21. The van der Waals surface area contributed by atoms with Crippen molar-refractivity contribution in [1.29, 1.82) is 0 Å². The zero-order chi connectivity index (χ0) is 6.27. The van der Waals surface area contributed by atoms with Gasteiger partial charge in [0.1, 0.15) is 0 Å². The van der Waals surface area contributed by atoms with Gasteiger partial charge in [0.15, 0.2) is 0 Å². The van der Waals surface area contributed by atoms with Crippen molar-refractivity contribution < 1.29 is 0 Å². The van der Waals surface area contributed by atoms with Crippen molar-refractivity contribution in [2.24, 2.45) is 5.92 Å². The van der Waals surface area contributed by atoms with Gasteiger partial charge in [-0.15, -0.1) is 0 Å². The van der Waals surface area contributed by atoms with Crippen LogP contribution in [0.5, 0.6) is 0 Å². The smallest absolute Gasteiger partial charge is 0.0204 e. The van der Waals surface area contributed by atoms with E-state index in [-0.39, 0.29) is 0 Å². The molecular formula is C7H12IN. The highest BCUT2D eigenvalue weighted by atomic mass is 127. The van der Waals surface area contributed by atoms with Gasteiger partial charge in [-0.25, -0.2) is 3.11 Å². The summed E-state index contributed by atoms with van der Waals surface area (Å²) in [6.07, 6.45) is 5.92. The van der Waals surface area contributed by atoms with Gasteiger partial charge in [-0.2, -0.15) is 0 Å². The predicted molar refractivity (Wildman–Crippen MR) is 46.5 cm³/mol. The fourth-order valence-electron chi connectivity index (χ4n) is 2.05. The molecule has 1 aliphatic carbocycles. The van der Waals surface area contributed by atoms with Crippen LogP contribution in [0.25, 0.3) is 0 Å². The molecule has 1 saturated carbocycles. The first-order chi connectivity index (χ1) is 4.36. The van der Waals surface area contributed by atoms with Crippen LogP contribution in [0, 0.1) is 5.92 Å². The fraction of sp³-hybridized carbons (Fsp3) is 1.00. The fourth-order valence-corrected chi connectivity index (χ4v) is 2.84. The van der Waals surface area contributed by atoms with Crippen molar-refractivity contribution in [3.05, 3.63) is 0 Å². The highest BCUT2D eigenvalue weighted by Crippen LogP contribution is 2.37. The van der Waals surface area contributed by atoms with Crippen LogP contribution in [0.15, 0.2) is 0 Å².